The summed E-state index contributed by atoms with van der Waals surface area (Å²) in [5.74, 6) is -0.311. The summed E-state index contributed by atoms with van der Waals surface area (Å²) >= 11 is 0. The number of nitrogens with two attached hydrogens (primary N) is 2. The van der Waals surface area contributed by atoms with E-state index in [1.54, 1.807) is 4.90 Å². The van der Waals surface area contributed by atoms with Gasteiger partial charge in [-0.2, -0.15) is 0 Å². The molecule has 1 aliphatic heterocycles. The predicted molar refractivity (Wildman–Crippen MR) is 73.1 cm³/mol. The summed E-state index contributed by atoms with van der Waals surface area (Å²) in [6.07, 6.45) is 7.60. The number of hydrogen-bond acceptors (Lipinski definition) is 3. The molecular weight excluding hydrogens is 242 g/mol. The lowest BCUT2D eigenvalue weighted by Gasteiger charge is -2.43. The Hall–Kier alpha value is -1.10. The quantitative estimate of drug-likeness (QED) is 0.791. The molecule has 1 atom stereocenters. The predicted octanol–water partition coefficient (Wildman–Crippen LogP) is 0.762. The van der Waals surface area contributed by atoms with E-state index in [1.807, 2.05) is 0 Å². The van der Waals surface area contributed by atoms with Gasteiger partial charge in [-0.25, -0.2) is 0 Å². The van der Waals surface area contributed by atoms with Crippen LogP contribution in [0.15, 0.2) is 0 Å². The number of piperidine rings is 1. The fraction of sp³-hybridized carbons (Fsp3) is 0.857. The van der Waals surface area contributed by atoms with Crippen LogP contribution in [0.5, 0.6) is 0 Å². The van der Waals surface area contributed by atoms with Gasteiger partial charge in [0.25, 0.3) is 0 Å². The zero-order valence-corrected chi connectivity index (χ0v) is 11.6. The van der Waals surface area contributed by atoms with Crippen molar-refractivity contribution in [2.24, 2.45) is 16.9 Å². The molecule has 5 nitrogen and oxygen atoms in total. The molecule has 0 radical (unpaired) electrons. The third-order valence-electron chi connectivity index (χ3n) is 4.75. The van der Waals surface area contributed by atoms with Crippen LogP contribution in [0.2, 0.25) is 0 Å². The number of hydrogen-bond donors (Lipinski definition) is 2. The van der Waals surface area contributed by atoms with Gasteiger partial charge < -0.3 is 16.4 Å². The zero-order chi connectivity index (χ0) is 13.9. The molecule has 108 valence electrons. The van der Waals surface area contributed by atoms with Crippen molar-refractivity contribution >= 4 is 11.8 Å². The smallest absolute Gasteiger partial charge is 0.240 e. The molecule has 5 heteroatoms. The molecule has 2 aliphatic rings. The van der Waals surface area contributed by atoms with E-state index in [9.17, 15) is 9.59 Å². The van der Waals surface area contributed by atoms with Gasteiger partial charge in [-0.1, -0.05) is 19.3 Å². The molecule has 1 heterocycles. The summed E-state index contributed by atoms with van der Waals surface area (Å²) in [6, 6.07) is -0.424. The summed E-state index contributed by atoms with van der Waals surface area (Å²) < 4.78 is 0. The molecule has 2 rings (SSSR count). The molecule has 0 spiro atoms. The minimum absolute atomic E-state index is 0.0678. The van der Waals surface area contributed by atoms with Gasteiger partial charge in [0.05, 0.1) is 5.41 Å². The maximum atomic E-state index is 12.9. The first-order valence-corrected chi connectivity index (χ1v) is 7.41. The minimum Gasteiger partial charge on any atom is -0.368 e. The van der Waals surface area contributed by atoms with Crippen LogP contribution in [0.4, 0.5) is 0 Å². The SMILES string of the molecule is NCC1(C(=O)N2CCCCC2C(N)=O)CCCCC1. The first kappa shape index (κ1) is 14.3. The molecule has 4 N–H and O–H groups in total. The fourth-order valence-electron chi connectivity index (χ4n) is 3.51. The molecule has 1 saturated carbocycles. The van der Waals surface area contributed by atoms with E-state index in [0.717, 1.165) is 38.5 Å². The summed E-state index contributed by atoms with van der Waals surface area (Å²) in [6.45, 7) is 1.03. The van der Waals surface area contributed by atoms with Crippen LogP contribution in [-0.2, 0) is 9.59 Å². The Kier molecular flexibility index (Phi) is 4.45. The average Bonchev–Trinajstić information content (AvgIpc) is 2.47. The third-order valence-corrected chi connectivity index (χ3v) is 4.75. The van der Waals surface area contributed by atoms with Gasteiger partial charge >= 0.3 is 0 Å². The third kappa shape index (κ3) is 2.76. The van der Waals surface area contributed by atoms with Gasteiger partial charge in [0.2, 0.25) is 11.8 Å². The van der Waals surface area contributed by atoms with E-state index in [2.05, 4.69) is 0 Å². The van der Waals surface area contributed by atoms with E-state index in [1.165, 1.54) is 6.42 Å². The number of likely N-dealkylation sites (tertiary alicyclic amines) is 1. The number of carbonyl (C=O) groups excluding carboxylic acids is 2. The fourth-order valence-corrected chi connectivity index (χ4v) is 3.51. The van der Waals surface area contributed by atoms with Crippen molar-refractivity contribution in [2.75, 3.05) is 13.1 Å². The Labute approximate surface area is 114 Å². The second kappa shape index (κ2) is 5.90. The largest absolute Gasteiger partial charge is 0.368 e. The molecule has 0 aromatic heterocycles. The van der Waals surface area contributed by atoms with Gasteiger partial charge in [0.15, 0.2) is 0 Å². The van der Waals surface area contributed by atoms with Crippen molar-refractivity contribution in [3.8, 4) is 0 Å². The van der Waals surface area contributed by atoms with Crippen molar-refractivity contribution in [3.05, 3.63) is 0 Å². The molecule has 2 fully saturated rings. The Morgan fingerprint density at radius 2 is 1.79 bits per heavy atom. The lowest BCUT2D eigenvalue weighted by Crippen LogP contribution is -2.57. The molecule has 1 unspecified atom stereocenters. The minimum atomic E-state index is -0.441. The normalized spacial score (nSPS) is 27.0. The van der Waals surface area contributed by atoms with Gasteiger partial charge in [-0.05, 0) is 32.1 Å². The first-order valence-electron chi connectivity index (χ1n) is 7.41. The van der Waals surface area contributed by atoms with Crippen LogP contribution < -0.4 is 11.5 Å². The summed E-state index contributed by atoms with van der Waals surface area (Å²) in [7, 11) is 0. The summed E-state index contributed by atoms with van der Waals surface area (Å²) in [5, 5.41) is 0. The van der Waals surface area contributed by atoms with E-state index in [-0.39, 0.29) is 11.8 Å². The number of nitrogens with zero attached hydrogens (tertiary/aromatic N) is 1. The number of amides is 2. The maximum absolute atomic E-state index is 12.9. The highest BCUT2D eigenvalue weighted by molar-refractivity contribution is 5.89. The van der Waals surface area contributed by atoms with Gasteiger partial charge in [-0.15, -0.1) is 0 Å². The lowest BCUT2D eigenvalue weighted by molar-refractivity contribution is -0.151. The Morgan fingerprint density at radius 3 is 2.37 bits per heavy atom. The Morgan fingerprint density at radius 1 is 1.11 bits per heavy atom. The van der Waals surface area contributed by atoms with Crippen molar-refractivity contribution in [1.82, 2.24) is 4.90 Å². The molecule has 19 heavy (non-hydrogen) atoms. The van der Waals surface area contributed by atoms with Crippen molar-refractivity contribution in [1.29, 1.82) is 0 Å². The highest BCUT2D eigenvalue weighted by atomic mass is 16.2. The first-order chi connectivity index (χ1) is 9.10. The average molecular weight is 267 g/mol. The van der Waals surface area contributed by atoms with Crippen molar-refractivity contribution < 1.29 is 9.59 Å². The Bertz CT molecular complexity index is 351. The van der Waals surface area contributed by atoms with Crippen LogP contribution in [0.25, 0.3) is 0 Å². The molecule has 1 saturated heterocycles. The maximum Gasteiger partial charge on any atom is 0.240 e. The molecule has 0 bridgehead atoms. The highest BCUT2D eigenvalue weighted by Gasteiger charge is 2.44. The van der Waals surface area contributed by atoms with Crippen molar-refractivity contribution in [3.63, 3.8) is 0 Å². The molecular formula is C14H25N3O2. The van der Waals surface area contributed by atoms with Crippen LogP contribution >= 0.6 is 0 Å². The molecule has 0 aromatic rings. The number of primary amides is 1. The molecule has 0 aromatic carbocycles. The van der Waals surface area contributed by atoms with Crippen LogP contribution in [-0.4, -0.2) is 35.8 Å². The standard InChI is InChI=1S/C14H25N3O2/c15-10-14(7-3-1-4-8-14)13(19)17-9-5-2-6-11(17)12(16)18/h11H,1-10,15H2,(H2,16,18). The van der Waals surface area contributed by atoms with Gasteiger partial charge in [-0.3, -0.25) is 9.59 Å². The van der Waals surface area contributed by atoms with E-state index < -0.39 is 11.5 Å². The van der Waals surface area contributed by atoms with Crippen LogP contribution in [0, 0.1) is 5.41 Å². The number of rotatable bonds is 3. The van der Waals surface area contributed by atoms with E-state index in [0.29, 0.717) is 19.5 Å². The molecule has 1 aliphatic carbocycles. The summed E-state index contributed by atoms with van der Waals surface area (Å²) in [5.41, 5.74) is 10.9. The second-order valence-corrected chi connectivity index (χ2v) is 5.96. The van der Waals surface area contributed by atoms with Gasteiger partial charge in [0.1, 0.15) is 6.04 Å². The topological polar surface area (TPSA) is 89.4 Å². The Balaban J connectivity index is 2.17. The number of carbonyl (C=O) groups is 2. The second-order valence-electron chi connectivity index (χ2n) is 5.96. The highest BCUT2D eigenvalue weighted by Crippen LogP contribution is 2.38. The monoisotopic (exact) mass is 267 g/mol. The zero-order valence-electron chi connectivity index (χ0n) is 11.6. The van der Waals surface area contributed by atoms with Crippen molar-refractivity contribution in [2.45, 2.75) is 57.4 Å². The van der Waals surface area contributed by atoms with E-state index in [4.69, 9.17) is 11.5 Å². The lowest BCUT2D eigenvalue weighted by atomic mass is 9.72. The van der Waals surface area contributed by atoms with Crippen LogP contribution in [0.1, 0.15) is 51.4 Å². The van der Waals surface area contributed by atoms with Gasteiger partial charge in [0, 0.05) is 13.1 Å². The summed E-state index contributed by atoms with van der Waals surface area (Å²) in [4.78, 5) is 26.1. The molecule has 2 amide bonds. The van der Waals surface area contributed by atoms with E-state index >= 15 is 0 Å². The van der Waals surface area contributed by atoms with Crippen LogP contribution in [0.3, 0.4) is 0 Å².